The summed E-state index contributed by atoms with van der Waals surface area (Å²) in [4.78, 5) is 11.3. The molecule has 0 N–H and O–H groups in total. The Morgan fingerprint density at radius 3 is 2.71 bits per heavy atom. The van der Waals surface area contributed by atoms with Gasteiger partial charge in [-0.05, 0) is 19.3 Å². The van der Waals surface area contributed by atoms with Gasteiger partial charge in [0, 0.05) is 6.42 Å². The van der Waals surface area contributed by atoms with Crippen LogP contribution in [0.4, 0.5) is 8.78 Å². The fraction of sp³-hybridized carbons (Fsp3) is 0.900. The van der Waals surface area contributed by atoms with Crippen molar-refractivity contribution in [1.29, 1.82) is 0 Å². The van der Waals surface area contributed by atoms with E-state index in [9.17, 15) is 13.6 Å². The first-order chi connectivity index (χ1) is 6.65. The van der Waals surface area contributed by atoms with Crippen LogP contribution in [0.25, 0.3) is 0 Å². The summed E-state index contributed by atoms with van der Waals surface area (Å²) in [5.41, 5.74) is 0. The number of carbonyl (C=O) groups is 1. The molecule has 1 aliphatic rings. The van der Waals surface area contributed by atoms with E-state index in [1.165, 1.54) is 0 Å². The number of alkyl halides is 2. The average Bonchev–Trinajstić information content (AvgIpc) is 2.14. The third-order valence-electron chi connectivity index (χ3n) is 2.46. The lowest BCUT2D eigenvalue weighted by Crippen LogP contribution is -2.34. The van der Waals surface area contributed by atoms with Crippen molar-refractivity contribution in [2.24, 2.45) is 5.92 Å². The molecule has 0 saturated heterocycles. The third kappa shape index (κ3) is 2.93. The summed E-state index contributed by atoms with van der Waals surface area (Å²) in [5, 5.41) is 0. The fourth-order valence-electron chi connectivity index (χ4n) is 1.64. The monoisotopic (exact) mass is 206 g/mol. The highest BCUT2D eigenvalue weighted by molar-refractivity contribution is 5.73. The van der Waals surface area contributed by atoms with E-state index in [0.717, 1.165) is 6.42 Å². The van der Waals surface area contributed by atoms with Crippen LogP contribution in [0.3, 0.4) is 0 Å². The van der Waals surface area contributed by atoms with E-state index >= 15 is 0 Å². The number of hydrogen-bond acceptors (Lipinski definition) is 2. The zero-order chi connectivity index (χ0) is 10.6. The highest BCUT2D eigenvalue weighted by Crippen LogP contribution is 2.29. The van der Waals surface area contributed by atoms with Crippen LogP contribution in [-0.2, 0) is 9.53 Å². The molecule has 0 aromatic carbocycles. The molecule has 1 aliphatic carbocycles. The summed E-state index contributed by atoms with van der Waals surface area (Å²) in [7, 11) is 0. The lowest BCUT2D eigenvalue weighted by atomic mass is 9.86. The van der Waals surface area contributed by atoms with E-state index in [1.807, 2.05) is 6.92 Å². The van der Waals surface area contributed by atoms with E-state index in [4.69, 9.17) is 4.74 Å². The van der Waals surface area contributed by atoms with Gasteiger partial charge in [0.25, 0.3) is 0 Å². The molecule has 0 spiro atoms. The molecule has 4 heteroatoms. The summed E-state index contributed by atoms with van der Waals surface area (Å²) in [6, 6.07) is 0. The maximum Gasteiger partial charge on any atom is 0.311 e. The molecule has 14 heavy (non-hydrogen) atoms. The highest BCUT2D eigenvalue weighted by atomic mass is 19.1. The van der Waals surface area contributed by atoms with E-state index < -0.39 is 24.2 Å². The van der Waals surface area contributed by atoms with Gasteiger partial charge in [0.15, 0.2) is 0 Å². The average molecular weight is 206 g/mol. The van der Waals surface area contributed by atoms with Gasteiger partial charge < -0.3 is 4.74 Å². The van der Waals surface area contributed by atoms with Gasteiger partial charge in [0.05, 0.1) is 12.5 Å². The first-order valence-electron chi connectivity index (χ1n) is 5.10. The maximum atomic E-state index is 13.2. The largest absolute Gasteiger partial charge is 0.465 e. The summed E-state index contributed by atoms with van der Waals surface area (Å²) < 4.78 is 30.8. The normalized spacial score (nSPS) is 32.6. The van der Waals surface area contributed by atoms with Crippen molar-refractivity contribution in [2.45, 2.75) is 45.0 Å². The molecular formula is C10H16F2O2. The van der Waals surface area contributed by atoms with E-state index in [-0.39, 0.29) is 19.3 Å². The Morgan fingerprint density at radius 2 is 2.14 bits per heavy atom. The van der Waals surface area contributed by atoms with Gasteiger partial charge in [-0.2, -0.15) is 0 Å². The molecule has 82 valence electrons. The van der Waals surface area contributed by atoms with Gasteiger partial charge in [-0.3, -0.25) is 4.79 Å². The molecule has 0 aliphatic heterocycles. The predicted octanol–water partition coefficient (Wildman–Crippen LogP) is 2.42. The topological polar surface area (TPSA) is 26.3 Å². The Labute approximate surface area is 82.6 Å². The van der Waals surface area contributed by atoms with Crippen molar-refractivity contribution in [3.63, 3.8) is 0 Å². The second-order valence-electron chi connectivity index (χ2n) is 3.70. The third-order valence-corrected chi connectivity index (χ3v) is 2.46. The fourth-order valence-corrected chi connectivity index (χ4v) is 1.64. The molecule has 1 saturated carbocycles. The van der Waals surface area contributed by atoms with Crippen LogP contribution in [0.2, 0.25) is 0 Å². The number of hydrogen-bond donors (Lipinski definition) is 0. The summed E-state index contributed by atoms with van der Waals surface area (Å²) in [5.74, 6) is -1.25. The number of rotatable bonds is 3. The molecule has 1 fully saturated rings. The van der Waals surface area contributed by atoms with Crippen LogP contribution >= 0.6 is 0 Å². The summed E-state index contributed by atoms with van der Waals surface area (Å²) in [6.45, 7) is 2.19. The lowest BCUT2D eigenvalue weighted by Gasteiger charge is -2.26. The number of halogens is 2. The van der Waals surface area contributed by atoms with E-state index in [1.54, 1.807) is 0 Å². The Kier molecular flexibility index (Phi) is 4.29. The first-order valence-corrected chi connectivity index (χ1v) is 5.10. The Balaban J connectivity index is 2.39. The zero-order valence-corrected chi connectivity index (χ0v) is 8.34. The minimum atomic E-state index is -1.37. The van der Waals surface area contributed by atoms with Crippen LogP contribution in [0.5, 0.6) is 0 Å². The lowest BCUT2D eigenvalue weighted by molar-refractivity contribution is -0.152. The molecule has 0 bridgehead atoms. The molecule has 1 rings (SSSR count). The molecule has 0 aromatic rings. The second kappa shape index (κ2) is 5.27. The van der Waals surface area contributed by atoms with Crippen molar-refractivity contribution in [3.05, 3.63) is 0 Å². The first kappa shape index (κ1) is 11.4. The molecule has 2 nitrogen and oxygen atoms in total. The highest BCUT2D eigenvalue weighted by Gasteiger charge is 2.36. The molecule has 3 atom stereocenters. The Bertz CT molecular complexity index is 197. The van der Waals surface area contributed by atoms with Crippen molar-refractivity contribution >= 4 is 5.97 Å². The molecule has 0 heterocycles. The van der Waals surface area contributed by atoms with Crippen LogP contribution in [0.15, 0.2) is 0 Å². The molecule has 3 unspecified atom stereocenters. The van der Waals surface area contributed by atoms with Gasteiger partial charge in [0.1, 0.15) is 12.3 Å². The SMILES string of the molecule is CCCOC(=O)C1CCC(F)CC1F. The second-order valence-corrected chi connectivity index (χ2v) is 3.70. The van der Waals surface area contributed by atoms with Crippen LogP contribution in [-0.4, -0.2) is 24.9 Å². The van der Waals surface area contributed by atoms with Crippen LogP contribution < -0.4 is 0 Å². The molecule has 0 amide bonds. The standard InChI is InChI=1S/C10H16F2O2/c1-2-5-14-10(13)8-4-3-7(11)6-9(8)12/h7-9H,2-6H2,1H3. The predicted molar refractivity (Wildman–Crippen MR) is 48.4 cm³/mol. The summed E-state index contributed by atoms with van der Waals surface area (Å²) >= 11 is 0. The van der Waals surface area contributed by atoms with E-state index in [0.29, 0.717) is 6.61 Å². The summed E-state index contributed by atoms with van der Waals surface area (Å²) in [6.07, 6.45) is -1.37. The van der Waals surface area contributed by atoms with Gasteiger partial charge >= 0.3 is 5.97 Å². The van der Waals surface area contributed by atoms with E-state index in [2.05, 4.69) is 0 Å². The minimum absolute atomic E-state index is 0.161. The van der Waals surface area contributed by atoms with Gasteiger partial charge in [-0.1, -0.05) is 6.92 Å². The maximum absolute atomic E-state index is 13.2. The van der Waals surface area contributed by atoms with Crippen LogP contribution in [0, 0.1) is 5.92 Å². The van der Waals surface area contributed by atoms with Crippen LogP contribution in [0.1, 0.15) is 32.6 Å². The molecule has 0 radical (unpaired) electrons. The number of ether oxygens (including phenoxy) is 1. The van der Waals surface area contributed by atoms with Gasteiger partial charge in [-0.15, -0.1) is 0 Å². The van der Waals surface area contributed by atoms with Gasteiger partial charge in [0.2, 0.25) is 0 Å². The number of esters is 1. The Hall–Kier alpha value is -0.670. The quantitative estimate of drug-likeness (QED) is 0.663. The molecular weight excluding hydrogens is 190 g/mol. The minimum Gasteiger partial charge on any atom is -0.465 e. The zero-order valence-electron chi connectivity index (χ0n) is 8.34. The molecule has 0 aromatic heterocycles. The smallest absolute Gasteiger partial charge is 0.311 e. The van der Waals surface area contributed by atoms with Crippen molar-refractivity contribution in [2.75, 3.05) is 6.61 Å². The Morgan fingerprint density at radius 1 is 1.43 bits per heavy atom. The van der Waals surface area contributed by atoms with Crippen molar-refractivity contribution < 1.29 is 18.3 Å². The van der Waals surface area contributed by atoms with Crippen molar-refractivity contribution in [3.8, 4) is 0 Å². The van der Waals surface area contributed by atoms with Gasteiger partial charge in [-0.25, -0.2) is 8.78 Å². The van der Waals surface area contributed by atoms with Crippen molar-refractivity contribution in [1.82, 2.24) is 0 Å². The number of carbonyl (C=O) groups excluding carboxylic acids is 1.